The van der Waals surface area contributed by atoms with Crippen molar-refractivity contribution in [1.82, 2.24) is 4.31 Å². The molecule has 0 unspecified atom stereocenters. The predicted octanol–water partition coefficient (Wildman–Crippen LogP) is 3.20. The van der Waals surface area contributed by atoms with Crippen molar-refractivity contribution in [2.45, 2.75) is 23.8 Å². The van der Waals surface area contributed by atoms with Crippen LogP contribution in [0.5, 0.6) is 0 Å². The van der Waals surface area contributed by atoms with E-state index >= 15 is 0 Å². The fourth-order valence-electron chi connectivity index (χ4n) is 3.10. The van der Waals surface area contributed by atoms with Gasteiger partial charge in [-0.25, -0.2) is 8.42 Å². The van der Waals surface area contributed by atoms with Gasteiger partial charge in [0.1, 0.15) is 6.04 Å². The van der Waals surface area contributed by atoms with Crippen molar-refractivity contribution in [1.29, 1.82) is 0 Å². The van der Waals surface area contributed by atoms with Crippen LogP contribution in [-0.2, 0) is 14.8 Å². The fourth-order valence-corrected chi connectivity index (χ4v) is 4.88. The van der Waals surface area contributed by atoms with Crippen LogP contribution in [0.3, 0.4) is 0 Å². The highest BCUT2D eigenvalue weighted by molar-refractivity contribution is 7.89. The number of halogens is 1. The first-order valence-corrected chi connectivity index (χ1v) is 10.5. The third-order valence-electron chi connectivity index (χ3n) is 4.58. The van der Waals surface area contributed by atoms with Gasteiger partial charge in [-0.2, -0.15) is 4.31 Å². The maximum absolute atomic E-state index is 12.9. The Morgan fingerprint density at radius 1 is 1.11 bits per heavy atom. The summed E-state index contributed by atoms with van der Waals surface area (Å²) in [5, 5.41) is 3.29. The summed E-state index contributed by atoms with van der Waals surface area (Å²) in [6, 6.07) is 12.7. The Morgan fingerprint density at radius 2 is 1.74 bits per heavy atom. The minimum absolute atomic E-state index is 0.141. The van der Waals surface area contributed by atoms with Gasteiger partial charge in [-0.05, 0) is 61.4 Å². The molecule has 1 atom stereocenters. The SMILES string of the molecule is CN(C)c1ccc(NC(=O)[C@@H]2CCCN2S(=O)(=O)c2ccc(Cl)cc2)cc1. The Hall–Kier alpha value is -2.09. The van der Waals surface area contributed by atoms with Gasteiger partial charge >= 0.3 is 0 Å². The van der Waals surface area contributed by atoms with Crippen LogP contribution in [-0.4, -0.2) is 45.3 Å². The van der Waals surface area contributed by atoms with Crippen LogP contribution in [0.25, 0.3) is 0 Å². The number of amides is 1. The van der Waals surface area contributed by atoms with Gasteiger partial charge in [0.25, 0.3) is 0 Å². The lowest BCUT2D eigenvalue weighted by atomic mass is 10.2. The van der Waals surface area contributed by atoms with Gasteiger partial charge in [0, 0.05) is 37.0 Å². The average molecular weight is 408 g/mol. The van der Waals surface area contributed by atoms with Crippen molar-refractivity contribution in [3.8, 4) is 0 Å². The van der Waals surface area contributed by atoms with Crippen LogP contribution in [0.2, 0.25) is 5.02 Å². The zero-order valence-electron chi connectivity index (χ0n) is 15.2. The summed E-state index contributed by atoms with van der Waals surface area (Å²) in [4.78, 5) is 14.8. The lowest BCUT2D eigenvalue weighted by Gasteiger charge is -2.23. The molecule has 0 bridgehead atoms. The standard InChI is InChI=1S/C19H22ClN3O3S/c1-22(2)16-9-7-15(8-10-16)21-19(24)18-4-3-13-23(18)27(25,26)17-11-5-14(20)6-12-17/h5-12,18H,3-4,13H2,1-2H3,(H,21,24)/t18-/m0/s1. The second-order valence-corrected chi connectivity index (χ2v) is 8.99. The molecule has 1 fully saturated rings. The van der Waals surface area contributed by atoms with Gasteiger partial charge in [-0.3, -0.25) is 4.79 Å². The van der Waals surface area contributed by atoms with E-state index in [1.807, 2.05) is 31.1 Å². The van der Waals surface area contributed by atoms with E-state index in [4.69, 9.17) is 11.6 Å². The van der Waals surface area contributed by atoms with E-state index in [-0.39, 0.29) is 10.8 Å². The number of anilines is 2. The normalized spacial score (nSPS) is 17.7. The zero-order chi connectivity index (χ0) is 19.6. The van der Waals surface area contributed by atoms with Gasteiger partial charge in [0.05, 0.1) is 4.90 Å². The molecule has 0 radical (unpaired) electrons. The van der Waals surface area contributed by atoms with E-state index in [1.165, 1.54) is 28.6 Å². The number of hydrogen-bond acceptors (Lipinski definition) is 4. The Labute approximate surface area is 164 Å². The molecular weight excluding hydrogens is 386 g/mol. The zero-order valence-corrected chi connectivity index (χ0v) is 16.8. The lowest BCUT2D eigenvalue weighted by Crippen LogP contribution is -2.43. The smallest absolute Gasteiger partial charge is 0.243 e. The van der Waals surface area contributed by atoms with Gasteiger partial charge < -0.3 is 10.2 Å². The largest absolute Gasteiger partial charge is 0.378 e. The summed E-state index contributed by atoms with van der Waals surface area (Å²) >= 11 is 5.85. The molecule has 0 saturated carbocycles. The maximum Gasteiger partial charge on any atom is 0.243 e. The molecule has 1 heterocycles. The molecule has 0 aromatic heterocycles. The molecule has 1 amide bonds. The highest BCUT2D eigenvalue weighted by Gasteiger charge is 2.39. The topological polar surface area (TPSA) is 69.7 Å². The molecule has 27 heavy (non-hydrogen) atoms. The minimum atomic E-state index is -3.75. The molecule has 1 aliphatic rings. The van der Waals surface area contributed by atoms with Crippen molar-refractivity contribution < 1.29 is 13.2 Å². The third-order valence-corrected chi connectivity index (χ3v) is 6.75. The Kier molecular flexibility index (Phi) is 5.74. The van der Waals surface area contributed by atoms with Gasteiger partial charge in [0.15, 0.2) is 0 Å². The summed E-state index contributed by atoms with van der Waals surface area (Å²) in [6.45, 7) is 0.322. The molecule has 1 saturated heterocycles. The predicted molar refractivity (Wildman–Crippen MR) is 108 cm³/mol. The van der Waals surface area contributed by atoms with Crippen molar-refractivity contribution in [3.05, 3.63) is 53.6 Å². The van der Waals surface area contributed by atoms with E-state index in [0.717, 1.165) is 5.69 Å². The van der Waals surface area contributed by atoms with Crippen LogP contribution in [0.15, 0.2) is 53.4 Å². The number of carbonyl (C=O) groups is 1. The molecule has 144 valence electrons. The van der Waals surface area contributed by atoms with E-state index in [2.05, 4.69) is 5.32 Å². The van der Waals surface area contributed by atoms with Gasteiger partial charge in [-0.15, -0.1) is 0 Å². The molecule has 6 nitrogen and oxygen atoms in total. The number of nitrogens with zero attached hydrogens (tertiary/aromatic N) is 2. The van der Waals surface area contributed by atoms with Crippen LogP contribution in [0.4, 0.5) is 11.4 Å². The fraction of sp³-hybridized carbons (Fsp3) is 0.316. The highest BCUT2D eigenvalue weighted by atomic mass is 35.5. The second-order valence-electron chi connectivity index (χ2n) is 6.66. The third kappa shape index (κ3) is 4.26. The Morgan fingerprint density at radius 3 is 2.33 bits per heavy atom. The van der Waals surface area contributed by atoms with Crippen molar-refractivity contribution in [2.75, 3.05) is 30.9 Å². The number of rotatable bonds is 5. The van der Waals surface area contributed by atoms with E-state index < -0.39 is 16.1 Å². The van der Waals surface area contributed by atoms with Gasteiger partial charge in [0.2, 0.25) is 15.9 Å². The van der Waals surface area contributed by atoms with Crippen LogP contribution < -0.4 is 10.2 Å². The van der Waals surface area contributed by atoms with Crippen molar-refractivity contribution >= 4 is 38.9 Å². The monoisotopic (exact) mass is 407 g/mol. The van der Waals surface area contributed by atoms with E-state index in [0.29, 0.717) is 30.1 Å². The molecule has 8 heteroatoms. The summed E-state index contributed by atoms with van der Waals surface area (Å²) in [6.07, 6.45) is 1.14. The highest BCUT2D eigenvalue weighted by Crippen LogP contribution is 2.28. The first-order chi connectivity index (χ1) is 12.8. The summed E-state index contributed by atoms with van der Waals surface area (Å²) < 4.78 is 27.1. The molecule has 1 aliphatic heterocycles. The molecule has 0 aliphatic carbocycles. The second kappa shape index (κ2) is 7.88. The lowest BCUT2D eigenvalue weighted by molar-refractivity contribution is -0.119. The quantitative estimate of drug-likeness (QED) is 0.826. The maximum atomic E-state index is 12.9. The van der Waals surface area contributed by atoms with Crippen LogP contribution >= 0.6 is 11.6 Å². The van der Waals surface area contributed by atoms with E-state index in [9.17, 15) is 13.2 Å². The molecule has 1 N–H and O–H groups in total. The molecule has 3 rings (SSSR count). The summed E-state index contributed by atoms with van der Waals surface area (Å²) in [5.41, 5.74) is 1.65. The molecule has 2 aromatic rings. The molecule has 0 spiro atoms. The minimum Gasteiger partial charge on any atom is -0.378 e. The number of hydrogen-bond donors (Lipinski definition) is 1. The molecular formula is C19H22ClN3O3S. The first kappa shape index (κ1) is 19.7. The van der Waals surface area contributed by atoms with Gasteiger partial charge in [-0.1, -0.05) is 11.6 Å². The number of sulfonamides is 1. The molecule has 2 aromatic carbocycles. The van der Waals surface area contributed by atoms with E-state index in [1.54, 1.807) is 12.1 Å². The van der Waals surface area contributed by atoms with Crippen LogP contribution in [0, 0.1) is 0 Å². The van der Waals surface area contributed by atoms with Crippen LogP contribution in [0.1, 0.15) is 12.8 Å². The Bertz CT molecular complexity index is 912. The number of benzene rings is 2. The summed E-state index contributed by atoms with van der Waals surface area (Å²) in [7, 11) is 0.120. The van der Waals surface area contributed by atoms with Crippen molar-refractivity contribution in [3.63, 3.8) is 0 Å². The Balaban J connectivity index is 1.77. The van der Waals surface area contributed by atoms with Crippen molar-refractivity contribution in [2.24, 2.45) is 0 Å². The average Bonchev–Trinajstić information content (AvgIpc) is 3.13. The summed E-state index contributed by atoms with van der Waals surface area (Å²) in [5.74, 6) is -0.317. The first-order valence-electron chi connectivity index (χ1n) is 8.65. The number of nitrogens with one attached hydrogen (secondary N) is 1. The number of carbonyl (C=O) groups excluding carboxylic acids is 1.